The third-order valence-corrected chi connectivity index (χ3v) is 10.3. The molecule has 3 aromatic rings. The summed E-state index contributed by atoms with van der Waals surface area (Å²) in [5.41, 5.74) is 4.05. The van der Waals surface area contributed by atoms with Crippen molar-refractivity contribution >= 4 is 41.2 Å². The van der Waals surface area contributed by atoms with Gasteiger partial charge in [-0.25, -0.2) is 9.59 Å². The number of nitrogens with one attached hydrogen (secondary N) is 3. The van der Waals surface area contributed by atoms with Gasteiger partial charge in [0.25, 0.3) is 0 Å². The van der Waals surface area contributed by atoms with E-state index in [1.807, 2.05) is 83.1 Å². The van der Waals surface area contributed by atoms with Crippen molar-refractivity contribution in [3.63, 3.8) is 0 Å². The molecule has 0 spiro atoms. The Morgan fingerprint density at radius 1 is 0.820 bits per heavy atom. The Bertz CT molecular complexity index is 2110. The number of fused-ring (bicyclic) bond motifs is 3. The zero-order valence-electron chi connectivity index (χ0n) is 36.6. The van der Waals surface area contributed by atoms with E-state index in [1.54, 1.807) is 45.0 Å². The van der Waals surface area contributed by atoms with Crippen LogP contribution in [0.3, 0.4) is 0 Å². The first-order valence-corrected chi connectivity index (χ1v) is 20.9. The SMILES string of the molecule is CC1(C)CC(=O)C(C(=Nc2ccc(OC(=O)CCNC(=O)[C@H](CCCCNC(=O)OC(C)(C)C)NC(=O)OCC3c4ccccc4-c4ccccc43)cc2)C(C)(C)C)=C(O)C1. The summed E-state index contributed by atoms with van der Waals surface area (Å²) in [6.45, 7) is 15.3. The van der Waals surface area contributed by atoms with Crippen molar-refractivity contribution < 1.29 is 43.3 Å². The van der Waals surface area contributed by atoms with Gasteiger partial charge in [-0.1, -0.05) is 83.1 Å². The molecule has 1 atom stereocenters. The summed E-state index contributed by atoms with van der Waals surface area (Å²) in [5, 5.41) is 19.0. The molecule has 13 heteroatoms. The molecule has 326 valence electrons. The highest BCUT2D eigenvalue weighted by molar-refractivity contribution is 6.25. The molecule has 2 aliphatic carbocycles. The van der Waals surface area contributed by atoms with Crippen LogP contribution in [0.2, 0.25) is 0 Å². The maximum atomic E-state index is 13.4. The van der Waals surface area contributed by atoms with Crippen molar-refractivity contribution in [2.24, 2.45) is 15.8 Å². The van der Waals surface area contributed by atoms with Crippen LogP contribution in [0.5, 0.6) is 5.75 Å². The number of carbonyl (C=O) groups is 5. The molecule has 0 fully saturated rings. The summed E-state index contributed by atoms with van der Waals surface area (Å²) in [7, 11) is 0. The van der Waals surface area contributed by atoms with E-state index in [0.29, 0.717) is 43.6 Å². The minimum Gasteiger partial charge on any atom is -0.511 e. The quantitative estimate of drug-likeness (QED) is 0.0503. The topological polar surface area (TPSA) is 182 Å². The van der Waals surface area contributed by atoms with Crippen LogP contribution < -0.4 is 20.7 Å². The van der Waals surface area contributed by atoms with Gasteiger partial charge < -0.3 is 35.3 Å². The van der Waals surface area contributed by atoms with Crippen LogP contribution in [-0.4, -0.2) is 72.0 Å². The van der Waals surface area contributed by atoms with Crippen molar-refractivity contribution in [2.45, 2.75) is 111 Å². The lowest BCUT2D eigenvalue weighted by atomic mass is 9.72. The highest BCUT2D eigenvalue weighted by Crippen LogP contribution is 2.44. The highest BCUT2D eigenvalue weighted by atomic mass is 16.6. The number of rotatable bonds is 15. The number of esters is 1. The minimum absolute atomic E-state index is 0.0412. The zero-order valence-corrected chi connectivity index (χ0v) is 36.6. The number of unbranched alkanes of at least 4 members (excludes halogenated alkanes) is 1. The summed E-state index contributed by atoms with van der Waals surface area (Å²) < 4.78 is 16.5. The van der Waals surface area contributed by atoms with Crippen LogP contribution in [0.1, 0.15) is 111 Å². The van der Waals surface area contributed by atoms with Gasteiger partial charge in [-0.15, -0.1) is 0 Å². The van der Waals surface area contributed by atoms with E-state index < -0.39 is 41.1 Å². The first kappa shape index (κ1) is 46.1. The number of Topliss-reactive ketones (excluding diaryl/α,β-unsaturated/α-hetero) is 1. The number of allylic oxidation sites excluding steroid dienone is 2. The molecule has 0 saturated carbocycles. The van der Waals surface area contributed by atoms with E-state index >= 15 is 0 Å². The Kier molecular flexibility index (Phi) is 14.8. The zero-order chi connectivity index (χ0) is 44.5. The third kappa shape index (κ3) is 13.0. The van der Waals surface area contributed by atoms with Crippen LogP contribution in [0.25, 0.3) is 11.1 Å². The molecule has 0 radical (unpaired) electrons. The number of carbonyl (C=O) groups excluding carboxylic acids is 5. The summed E-state index contributed by atoms with van der Waals surface area (Å²) in [5.74, 6) is -1.09. The van der Waals surface area contributed by atoms with Gasteiger partial charge in [-0.3, -0.25) is 19.4 Å². The van der Waals surface area contributed by atoms with Crippen LogP contribution >= 0.6 is 0 Å². The molecular formula is C48H60N4O9. The maximum Gasteiger partial charge on any atom is 0.407 e. The number of aliphatic hydroxyl groups excluding tert-OH is 1. The molecule has 0 unspecified atom stereocenters. The smallest absolute Gasteiger partial charge is 0.407 e. The van der Waals surface area contributed by atoms with Gasteiger partial charge in [0.05, 0.1) is 23.4 Å². The number of ether oxygens (including phenoxy) is 3. The van der Waals surface area contributed by atoms with Gasteiger partial charge in [0.2, 0.25) is 5.91 Å². The van der Waals surface area contributed by atoms with Crippen molar-refractivity contribution in [1.29, 1.82) is 0 Å². The Morgan fingerprint density at radius 3 is 2.03 bits per heavy atom. The van der Waals surface area contributed by atoms with Gasteiger partial charge in [-0.2, -0.15) is 0 Å². The fraction of sp³-hybridized carbons (Fsp3) is 0.458. The first-order chi connectivity index (χ1) is 28.7. The molecule has 0 saturated heterocycles. The van der Waals surface area contributed by atoms with Crippen molar-refractivity contribution in [2.75, 3.05) is 19.7 Å². The average molecular weight is 837 g/mol. The second-order valence-electron chi connectivity index (χ2n) is 18.4. The number of hydrogen-bond donors (Lipinski definition) is 4. The molecule has 0 bridgehead atoms. The molecule has 0 aliphatic heterocycles. The number of ketones is 1. The van der Waals surface area contributed by atoms with Crippen molar-refractivity contribution in [1.82, 2.24) is 16.0 Å². The molecule has 61 heavy (non-hydrogen) atoms. The first-order valence-electron chi connectivity index (χ1n) is 20.9. The van der Waals surface area contributed by atoms with Gasteiger partial charge in [-0.05, 0) is 92.0 Å². The van der Waals surface area contributed by atoms with Gasteiger partial charge >= 0.3 is 18.2 Å². The number of hydrogen-bond acceptors (Lipinski definition) is 10. The summed E-state index contributed by atoms with van der Waals surface area (Å²) in [6.07, 6.45) is 0.475. The van der Waals surface area contributed by atoms with E-state index in [2.05, 4.69) is 16.0 Å². The molecule has 13 nitrogen and oxygen atoms in total. The van der Waals surface area contributed by atoms with E-state index in [9.17, 15) is 29.1 Å². The molecule has 5 rings (SSSR count). The summed E-state index contributed by atoms with van der Waals surface area (Å²) >= 11 is 0. The second kappa shape index (κ2) is 19.6. The number of nitrogens with zero attached hydrogens (tertiary/aromatic N) is 1. The molecule has 2 aliphatic rings. The maximum absolute atomic E-state index is 13.4. The molecule has 3 aromatic carbocycles. The van der Waals surface area contributed by atoms with Crippen LogP contribution in [0.4, 0.5) is 15.3 Å². The largest absolute Gasteiger partial charge is 0.511 e. The van der Waals surface area contributed by atoms with Crippen LogP contribution in [-0.2, 0) is 23.9 Å². The lowest BCUT2D eigenvalue weighted by molar-refractivity contribution is -0.134. The number of aliphatic hydroxyl groups is 1. The third-order valence-electron chi connectivity index (χ3n) is 10.3. The van der Waals surface area contributed by atoms with E-state index in [4.69, 9.17) is 19.2 Å². The highest BCUT2D eigenvalue weighted by Gasteiger charge is 2.38. The standard InChI is InChI=1S/C48H60N4O9/c1-46(2,3)42(41-38(53)27-48(7,8)28-39(41)54)51-30-20-22-31(23-21-30)60-40(55)24-26-49-43(56)37(19-13-14-25-50-44(57)61-47(4,5)6)52-45(58)59-29-36-34-17-11-9-15-32(34)33-16-10-12-18-35(33)36/h9-12,15-18,20-23,36-37,53H,13-14,19,24-29H2,1-8H3,(H,49,56)(H,50,57)(H,52,58)/t37-/m0/s1. The lowest BCUT2D eigenvalue weighted by Gasteiger charge is -2.33. The number of benzene rings is 3. The van der Waals surface area contributed by atoms with Crippen LogP contribution in [0.15, 0.2) is 89.1 Å². The summed E-state index contributed by atoms with van der Waals surface area (Å²) in [4.78, 5) is 69.4. The Morgan fingerprint density at radius 2 is 1.44 bits per heavy atom. The van der Waals surface area contributed by atoms with Crippen LogP contribution in [0, 0.1) is 10.8 Å². The molecule has 0 heterocycles. The van der Waals surface area contributed by atoms with Gasteiger partial charge in [0, 0.05) is 37.3 Å². The number of aliphatic imine (C=N–C) groups is 1. The van der Waals surface area contributed by atoms with Gasteiger partial charge in [0.1, 0.15) is 29.8 Å². The van der Waals surface area contributed by atoms with E-state index in [0.717, 1.165) is 22.3 Å². The fourth-order valence-electron chi connectivity index (χ4n) is 7.50. The number of amides is 3. The minimum atomic E-state index is -0.979. The molecule has 4 N–H and O–H groups in total. The Hall–Kier alpha value is -5.98. The van der Waals surface area contributed by atoms with E-state index in [-0.39, 0.29) is 60.2 Å². The normalized spacial score (nSPS) is 15.6. The van der Waals surface area contributed by atoms with Crippen molar-refractivity contribution in [3.05, 3.63) is 95.3 Å². The predicted octanol–water partition coefficient (Wildman–Crippen LogP) is 9.02. The predicted molar refractivity (Wildman–Crippen MR) is 234 cm³/mol. The Balaban J connectivity index is 1.16. The monoisotopic (exact) mass is 836 g/mol. The molecule has 3 amide bonds. The van der Waals surface area contributed by atoms with E-state index in [1.165, 1.54) is 0 Å². The van der Waals surface area contributed by atoms with Gasteiger partial charge in [0.15, 0.2) is 5.78 Å². The average Bonchev–Trinajstić information content (AvgIpc) is 3.48. The Labute approximate surface area is 358 Å². The molecule has 0 aromatic heterocycles. The molecular weight excluding hydrogens is 777 g/mol. The fourth-order valence-corrected chi connectivity index (χ4v) is 7.50. The second-order valence-corrected chi connectivity index (χ2v) is 18.4. The summed E-state index contributed by atoms with van der Waals surface area (Å²) in [6, 6.07) is 21.5. The lowest BCUT2D eigenvalue weighted by Crippen LogP contribution is -2.47. The van der Waals surface area contributed by atoms with Crippen molar-refractivity contribution in [3.8, 4) is 16.9 Å². The number of alkyl carbamates (subject to hydrolysis) is 2.